The van der Waals surface area contributed by atoms with Crippen LogP contribution in [0.3, 0.4) is 0 Å². The summed E-state index contributed by atoms with van der Waals surface area (Å²) in [6.07, 6.45) is 7.11. The van der Waals surface area contributed by atoms with E-state index in [4.69, 9.17) is 9.84 Å². The van der Waals surface area contributed by atoms with Crippen molar-refractivity contribution in [2.75, 3.05) is 31.2 Å². The smallest absolute Gasteiger partial charge is 0.244 e. The average Bonchev–Trinajstić information content (AvgIpc) is 3.37. The maximum atomic E-state index is 12.6. The van der Waals surface area contributed by atoms with Crippen molar-refractivity contribution in [2.45, 2.75) is 6.54 Å². The summed E-state index contributed by atoms with van der Waals surface area (Å²) in [6.45, 7) is 3.55. The SMILES string of the molecule is O=C(/C=C/c1cn(-c2ccccc2)nc1-c1ccccc1)NCc1ccc(N2CCOCC2)nc1. The Morgan fingerprint density at radius 1 is 0.971 bits per heavy atom. The predicted molar refractivity (Wildman–Crippen MR) is 137 cm³/mol. The van der Waals surface area contributed by atoms with Gasteiger partial charge in [-0.05, 0) is 29.8 Å². The molecule has 176 valence electrons. The molecule has 4 aromatic rings. The van der Waals surface area contributed by atoms with E-state index >= 15 is 0 Å². The van der Waals surface area contributed by atoms with Crippen LogP contribution in [0.2, 0.25) is 0 Å². The van der Waals surface area contributed by atoms with Crippen LogP contribution in [0.5, 0.6) is 0 Å². The summed E-state index contributed by atoms with van der Waals surface area (Å²) in [5.41, 5.74) is 4.59. The Morgan fingerprint density at radius 2 is 1.71 bits per heavy atom. The highest BCUT2D eigenvalue weighted by Gasteiger charge is 2.13. The van der Waals surface area contributed by atoms with Crippen molar-refractivity contribution in [2.24, 2.45) is 0 Å². The van der Waals surface area contributed by atoms with Crippen molar-refractivity contribution in [3.63, 3.8) is 0 Å². The molecule has 0 saturated carbocycles. The van der Waals surface area contributed by atoms with E-state index in [1.54, 1.807) is 6.08 Å². The number of pyridine rings is 1. The number of amides is 1. The third kappa shape index (κ3) is 5.65. The molecule has 1 saturated heterocycles. The second-order valence-corrected chi connectivity index (χ2v) is 8.25. The summed E-state index contributed by atoms with van der Waals surface area (Å²) < 4.78 is 7.23. The van der Waals surface area contributed by atoms with Gasteiger partial charge in [-0.25, -0.2) is 9.67 Å². The Hall–Kier alpha value is -4.23. The lowest BCUT2D eigenvalue weighted by Crippen LogP contribution is -2.36. The van der Waals surface area contributed by atoms with Crippen LogP contribution in [0.25, 0.3) is 23.0 Å². The lowest BCUT2D eigenvalue weighted by molar-refractivity contribution is -0.116. The minimum atomic E-state index is -0.172. The highest BCUT2D eigenvalue weighted by molar-refractivity contribution is 5.92. The van der Waals surface area contributed by atoms with Gasteiger partial charge >= 0.3 is 0 Å². The van der Waals surface area contributed by atoms with Crippen LogP contribution < -0.4 is 10.2 Å². The number of nitrogens with zero attached hydrogens (tertiary/aromatic N) is 4. The zero-order chi connectivity index (χ0) is 23.9. The fourth-order valence-electron chi connectivity index (χ4n) is 3.96. The Balaban J connectivity index is 1.26. The van der Waals surface area contributed by atoms with E-state index in [0.717, 1.165) is 60.2 Å². The second-order valence-electron chi connectivity index (χ2n) is 8.25. The molecule has 7 nitrogen and oxygen atoms in total. The molecule has 7 heteroatoms. The van der Waals surface area contributed by atoms with Gasteiger partial charge in [0.25, 0.3) is 0 Å². The zero-order valence-electron chi connectivity index (χ0n) is 19.4. The van der Waals surface area contributed by atoms with Gasteiger partial charge in [-0.15, -0.1) is 0 Å². The highest BCUT2D eigenvalue weighted by Crippen LogP contribution is 2.24. The van der Waals surface area contributed by atoms with Crippen molar-refractivity contribution >= 4 is 17.8 Å². The number of anilines is 1. The molecule has 1 amide bonds. The summed E-state index contributed by atoms with van der Waals surface area (Å²) in [5.74, 6) is 0.765. The van der Waals surface area contributed by atoms with Crippen molar-refractivity contribution in [1.29, 1.82) is 0 Å². The van der Waals surface area contributed by atoms with E-state index in [9.17, 15) is 4.79 Å². The topological polar surface area (TPSA) is 72.3 Å². The van der Waals surface area contributed by atoms with E-state index in [1.165, 1.54) is 0 Å². The molecule has 35 heavy (non-hydrogen) atoms. The number of benzene rings is 2. The predicted octanol–water partition coefficient (Wildman–Crippen LogP) is 4.10. The molecule has 1 aliphatic rings. The van der Waals surface area contributed by atoms with E-state index in [0.29, 0.717) is 6.54 Å². The summed E-state index contributed by atoms with van der Waals surface area (Å²) >= 11 is 0. The minimum Gasteiger partial charge on any atom is -0.378 e. The van der Waals surface area contributed by atoms with E-state index < -0.39 is 0 Å². The van der Waals surface area contributed by atoms with Gasteiger partial charge in [-0.2, -0.15) is 5.10 Å². The molecule has 1 N–H and O–H groups in total. The first-order chi connectivity index (χ1) is 17.3. The van der Waals surface area contributed by atoms with Gasteiger partial charge in [0.05, 0.1) is 24.6 Å². The van der Waals surface area contributed by atoms with Crippen LogP contribution in [0.15, 0.2) is 91.3 Å². The van der Waals surface area contributed by atoms with Crippen LogP contribution >= 0.6 is 0 Å². The number of para-hydroxylation sites is 1. The monoisotopic (exact) mass is 465 g/mol. The summed E-state index contributed by atoms with van der Waals surface area (Å²) in [5, 5.41) is 7.72. The highest BCUT2D eigenvalue weighted by atomic mass is 16.5. The molecule has 1 fully saturated rings. The second kappa shape index (κ2) is 10.8. The Morgan fingerprint density at radius 3 is 2.43 bits per heavy atom. The molecule has 0 spiro atoms. The van der Waals surface area contributed by atoms with Crippen LogP contribution in [0.1, 0.15) is 11.1 Å². The van der Waals surface area contributed by atoms with Gasteiger partial charge in [-0.3, -0.25) is 4.79 Å². The molecule has 2 aromatic heterocycles. The van der Waals surface area contributed by atoms with Gasteiger partial charge < -0.3 is 15.0 Å². The number of carbonyl (C=O) groups excluding carboxylic acids is 1. The van der Waals surface area contributed by atoms with E-state index in [-0.39, 0.29) is 5.91 Å². The number of aromatic nitrogens is 3. The Labute approximate surface area is 204 Å². The fraction of sp³-hybridized carbons (Fsp3) is 0.179. The molecule has 0 unspecified atom stereocenters. The average molecular weight is 466 g/mol. The number of rotatable bonds is 7. The maximum Gasteiger partial charge on any atom is 0.244 e. The normalized spacial score (nSPS) is 13.8. The zero-order valence-corrected chi connectivity index (χ0v) is 19.4. The largest absolute Gasteiger partial charge is 0.378 e. The third-order valence-electron chi connectivity index (χ3n) is 5.84. The molecule has 5 rings (SSSR count). The number of hydrogen-bond donors (Lipinski definition) is 1. The van der Waals surface area contributed by atoms with Crippen LogP contribution in [-0.4, -0.2) is 47.0 Å². The molecule has 1 aliphatic heterocycles. The van der Waals surface area contributed by atoms with Gasteiger partial charge in [0.1, 0.15) is 5.82 Å². The van der Waals surface area contributed by atoms with Crippen molar-refractivity contribution in [3.8, 4) is 16.9 Å². The first-order valence-electron chi connectivity index (χ1n) is 11.7. The number of carbonyl (C=O) groups is 1. The lowest BCUT2D eigenvalue weighted by atomic mass is 10.1. The summed E-state index contributed by atoms with van der Waals surface area (Å²) in [6, 6.07) is 23.9. The Kier molecular flexibility index (Phi) is 6.96. The van der Waals surface area contributed by atoms with Gasteiger partial charge in [0.15, 0.2) is 0 Å². The molecule has 2 aromatic carbocycles. The first-order valence-corrected chi connectivity index (χ1v) is 11.7. The van der Waals surface area contributed by atoms with Crippen molar-refractivity contribution < 1.29 is 9.53 Å². The number of hydrogen-bond acceptors (Lipinski definition) is 5. The van der Waals surface area contributed by atoms with Crippen LogP contribution in [0.4, 0.5) is 5.82 Å². The van der Waals surface area contributed by atoms with Crippen molar-refractivity contribution in [3.05, 3.63) is 102 Å². The van der Waals surface area contributed by atoms with Crippen molar-refractivity contribution in [1.82, 2.24) is 20.1 Å². The molecule has 0 atom stereocenters. The maximum absolute atomic E-state index is 12.6. The molecule has 0 radical (unpaired) electrons. The fourth-order valence-corrected chi connectivity index (χ4v) is 3.96. The number of morpholine rings is 1. The molecular weight excluding hydrogens is 438 g/mol. The number of ether oxygens (including phenoxy) is 1. The summed E-state index contributed by atoms with van der Waals surface area (Å²) in [7, 11) is 0. The van der Waals surface area contributed by atoms with Gasteiger partial charge in [-0.1, -0.05) is 54.6 Å². The lowest BCUT2D eigenvalue weighted by Gasteiger charge is -2.27. The summed E-state index contributed by atoms with van der Waals surface area (Å²) in [4.78, 5) is 19.3. The number of nitrogens with one attached hydrogen (secondary N) is 1. The van der Waals surface area contributed by atoms with Crippen LogP contribution in [-0.2, 0) is 16.1 Å². The van der Waals surface area contributed by atoms with Gasteiger partial charge in [0.2, 0.25) is 5.91 Å². The minimum absolute atomic E-state index is 0.172. The van der Waals surface area contributed by atoms with E-state index in [1.807, 2.05) is 95.9 Å². The first kappa shape index (κ1) is 22.6. The molecule has 0 aliphatic carbocycles. The Bertz CT molecular complexity index is 1280. The molecular formula is C28H27N5O2. The van der Waals surface area contributed by atoms with Gasteiger partial charge in [0, 0.05) is 49.2 Å². The molecule has 3 heterocycles. The quantitative estimate of drug-likeness (QED) is 0.416. The standard InChI is InChI=1S/C28H27N5O2/c34-27(30-20-22-11-13-26(29-19-22)32-15-17-35-18-16-32)14-12-24-21-33(25-9-5-2-6-10-25)31-28(24)23-7-3-1-4-8-23/h1-14,19,21H,15-18,20H2,(H,30,34)/b14-12+. The third-order valence-corrected chi connectivity index (χ3v) is 5.84. The van der Waals surface area contributed by atoms with E-state index in [2.05, 4.69) is 15.2 Å². The molecule has 0 bridgehead atoms. The van der Waals surface area contributed by atoms with Crippen LogP contribution in [0, 0.1) is 0 Å².